The molecule has 0 amide bonds. The molecule has 1 aliphatic heterocycles. The Bertz CT molecular complexity index is 615. The van der Waals surface area contributed by atoms with Gasteiger partial charge in [0, 0.05) is 26.7 Å². The minimum Gasteiger partial charge on any atom is -0.382 e. The molecule has 6 heteroatoms. The molecule has 114 valence electrons. The smallest absolute Gasteiger partial charge is 0.382 e. The lowest BCUT2D eigenvalue weighted by Crippen LogP contribution is -2.35. The fraction of sp³-hybridized carbons (Fsp3) is 0.467. The molecule has 2 heterocycles. The first-order valence-electron chi connectivity index (χ1n) is 7.07. The Morgan fingerprint density at radius 3 is 2.71 bits per heavy atom. The Kier molecular flexibility index (Phi) is 4.08. The van der Waals surface area contributed by atoms with Crippen LogP contribution in [0.15, 0.2) is 24.3 Å². The molecule has 0 radical (unpaired) electrons. The van der Waals surface area contributed by atoms with Crippen molar-refractivity contribution < 1.29 is 13.2 Å². The van der Waals surface area contributed by atoms with E-state index < -0.39 is 12.6 Å². The van der Waals surface area contributed by atoms with Crippen LogP contribution in [0.5, 0.6) is 0 Å². The minimum atomic E-state index is -4.15. The van der Waals surface area contributed by atoms with Gasteiger partial charge in [-0.3, -0.25) is 0 Å². The highest BCUT2D eigenvalue weighted by Crippen LogP contribution is 2.35. The molecule has 1 saturated heterocycles. The molecule has 0 bridgehead atoms. The maximum Gasteiger partial charge on any atom is 0.393 e. The number of hydrogen-bond donors (Lipinski definition) is 2. The van der Waals surface area contributed by atoms with E-state index in [1.54, 1.807) is 6.07 Å². The number of halogens is 3. The largest absolute Gasteiger partial charge is 0.393 e. The van der Waals surface area contributed by atoms with Gasteiger partial charge < -0.3 is 10.6 Å². The van der Waals surface area contributed by atoms with Gasteiger partial charge in [-0.1, -0.05) is 6.07 Å². The van der Waals surface area contributed by atoms with Crippen molar-refractivity contribution in [2.24, 2.45) is 0 Å². The van der Waals surface area contributed by atoms with Gasteiger partial charge in [-0.05, 0) is 44.1 Å². The molecular weight excluding hydrogens is 297 g/mol. The lowest BCUT2D eigenvalue weighted by Gasteiger charge is -2.25. The Balaban J connectivity index is 1.84. The first-order valence-corrected chi connectivity index (χ1v) is 7.88. The van der Waals surface area contributed by atoms with Gasteiger partial charge in [-0.25, -0.2) is 0 Å². The molecule has 21 heavy (non-hydrogen) atoms. The molecule has 0 atom stereocenters. The first-order chi connectivity index (χ1) is 10.0. The van der Waals surface area contributed by atoms with Crippen LogP contribution in [0.2, 0.25) is 0 Å². The van der Waals surface area contributed by atoms with Crippen LogP contribution in [-0.4, -0.2) is 25.3 Å². The Labute approximate surface area is 125 Å². The summed E-state index contributed by atoms with van der Waals surface area (Å²) >= 11 is 1.23. The summed E-state index contributed by atoms with van der Waals surface area (Å²) in [6.07, 6.45) is -2.92. The van der Waals surface area contributed by atoms with Gasteiger partial charge in [0.2, 0.25) is 0 Å². The summed E-state index contributed by atoms with van der Waals surface area (Å²) in [4.78, 5) is 0.372. The number of thiophene rings is 1. The van der Waals surface area contributed by atoms with Gasteiger partial charge in [0.15, 0.2) is 0 Å². The third-order valence-corrected chi connectivity index (χ3v) is 4.79. The van der Waals surface area contributed by atoms with E-state index in [0.29, 0.717) is 10.9 Å². The van der Waals surface area contributed by atoms with E-state index in [2.05, 4.69) is 10.6 Å². The van der Waals surface area contributed by atoms with Crippen LogP contribution >= 0.6 is 11.3 Å². The molecule has 0 unspecified atom stereocenters. The Morgan fingerprint density at radius 1 is 1.24 bits per heavy atom. The second-order valence-electron chi connectivity index (χ2n) is 5.39. The maximum atomic E-state index is 12.5. The Morgan fingerprint density at radius 2 is 2.00 bits per heavy atom. The summed E-state index contributed by atoms with van der Waals surface area (Å²) in [5.74, 6) is 0. The van der Waals surface area contributed by atoms with Crippen molar-refractivity contribution in [1.29, 1.82) is 0 Å². The monoisotopic (exact) mass is 314 g/mol. The fourth-order valence-electron chi connectivity index (χ4n) is 2.71. The van der Waals surface area contributed by atoms with Crippen LogP contribution < -0.4 is 10.6 Å². The molecule has 2 N–H and O–H groups in total. The number of rotatable bonds is 3. The number of benzene rings is 1. The van der Waals surface area contributed by atoms with Gasteiger partial charge in [0.05, 0.1) is 6.42 Å². The molecule has 3 rings (SSSR count). The highest BCUT2D eigenvalue weighted by Gasteiger charge is 2.28. The molecule has 1 aromatic carbocycles. The maximum absolute atomic E-state index is 12.5. The molecule has 0 spiro atoms. The zero-order chi connectivity index (χ0) is 14.9. The lowest BCUT2D eigenvalue weighted by molar-refractivity contribution is -0.126. The van der Waals surface area contributed by atoms with Crippen molar-refractivity contribution in [1.82, 2.24) is 5.32 Å². The topological polar surface area (TPSA) is 24.1 Å². The molecule has 1 aliphatic rings. The summed E-state index contributed by atoms with van der Waals surface area (Å²) in [6, 6.07) is 7.81. The van der Waals surface area contributed by atoms with Gasteiger partial charge in [-0.2, -0.15) is 13.2 Å². The SMILES string of the molecule is FC(F)(F)Cc1cc2c(NC3CCNCC3)cccc2s1. The third kappa shape index (κ3) is 3.68. The molecule has 0 aliphatic carbocycles. The summed E-state index contributed by atoms with van der Waals surface area (Å²) in [5, 5.41) is 7.69. The highest BCUT2D eigenvalue weighted by molar-refractivity contribution is 7.19. The standard InChI is InChI=1S/C15H17F3N2S/c16-15(17,18)9-11-8-12-13(2-1-3-14(12)21-11)20-10-4-6-19-7-5-10/h1-3,8,10,19-20H,4-7,9H2. The van der Waals surface area contributed by atoms with E-state index in [4.69, 9.17) is 0 Å². The lowest BCUT2D eigenvalue weighted by atomic mass is 10.1. The summed E-state index contributed by atoms with van der Waals surface area (Å²) < 4.78 is 38.5. The minimum absolute atomic E-state index is 0.372. The van der Waals surface area contributed by atoms with Crippen molar-refractivity contribution >= 4 is 27.1 Å². The average molecular weight is 314 g/mol. The van der Waals surface area contributed by atoms with Crippen LogP contribution in [0.1, 0.15) is 17.7 Å². The summed E-state index contributed by atoms with van der Waals surface area (Å²) in [6.45, 7) is 1.97. The van der Waals surface area contributed by atoms with Crippen molar-refractivity contribution in [2.75, 3.05) is 18.4 Å². The van der Waals surface area contributed by atoms with Crippen LogP contribution in [0.3, 0.4) is 0 Å². The molecule has 2 nitrogen and oxygen atoms in total. The van der Waals surface area contributed by atoms with E-state index in [1.165, 1.54) is 11.3 Å². The van der Waals surface area contributed by atoms with Crippen molar-refractivity contribution in [2.45, 2.75) is 31.5 Å². The van der Waals surface area contributed by atoms with E-state index in [1.807, 2.05) is 18.2 Å². The number of hydrogen-bond acceptors (Lipinski definition) is 3. The predicted molar refractivity (Wildman–Crippen MR) is 81.1 cm³/mol. The van der Waals surface area contributed by atoms with E-state index >= 15 is 0 Å². The van der Waals surface area contributed by atoms with Gasteiger partial charge in [0.1, 0.15) is 0 Å². The molecule has 1 fully saturated rings. The normalized spacial score (nSPS) is 17.3. The molecule has 0 saturated carbocycles. The number of anilines is 1. The highest BCUT2D eigenvalue weighted by atomic mass is 32.1. The van der Waals surface area contributed by atoms with E-state index in [0.717, 1.165) is 41.7 Å². The van der Waals surface area contributed by atoms with Crippen molar-refractivity contribution in [3.8, 4) is 0 Å². The summed E-state index contributed by atoms with van der Waals surface area (Å²) in [5.41, 5.74) is 0.948. The number of alkyl halides is 3. The predicted octanol–water partition coefficient (Wildman–Crippen LogP) is 4.17. The first kappa shape index (κ1) is 14.7. The molecule has 2 aromatic rings. The molecular formula is C15H17F3N2S. The van der Waals surface area contributed by atoms with Gasteiger partial charge >= 0.3 is 6.18 Å². The van der Waals surface area contributed by atoms with Crippen LogP contribution in [0.4, 0.5) is 18.9 Å². The van der Waals surface area contributed by atoms with E-state index in [-0.39, 0.29) is 0 Å². The third-order valence-electron chi connectivity index (χ3n) is 3.69. The second kappa shape index (κ2) is 5.85. The number of nitrogens with one attached hydrogen (secondary N) is 2. The van der Waals surface area contributed by atoms with E-state index in [9.17, 15) is 13.2 Å². The zero-order valence-electron chi connectivity index (χ0n) is 11.5. The molecule has 1 aromatic heterocycles. The number of fused-ring (bicyclic) bond motifs is 1. The number of piperidine rings is 1. The Hall–Kier alpha value is -1.27. The van der Waals surface area contributed by atoms with Gasteiger partial charge in [-0.15, -0.1) is 11.3 Å². The van der Waals surface area contributed by atoms with Crippen molar-refractivity contribution in [3.05, 3.63) is 29.1 Å². The van der Waals surface area contributed by atoms with Crippen LogP contribution in [0, 0.1) is 0 Å². The fourth-order valence-corrected chi connectivity index (χ4v) is 3.83. The van der Waals surface area contributed by atoms with Crippen molar-refractivity contribution in [3.63, 3.8) is 0 Å². The van der Waals surface area contributed by atoms with Crippen LogP contribution in [0.25, 0.3) is 10.1 Å². The average Bonchev–Trinajstić information content (AvgIpc) is 2.81. The zero-order valence-corrected chi connectivity index (χ0v) is 12.3. The van der Waals surface area contributed by atoms with Crippen LogP contribution in [-0.2, 0) is 6.42 Å². The van der Waals surface area contributed by atoms with Gasteiger partial charge in [0.25, 0.3) is 0 Å². The quantitative estimate of drug-likeness (QED) is 0.888. The second-order valence-corrected chi connectivity index (χ2v) is 6.56. The summed E-state index contributed by atoms with van der Waals surface area (Å²) in [7, 11) is 0.